The normalized spacial score (nSPS) is 12.5. The molecule has 0 N–H and O–H groups in total. The molecule has 0 radical (unpaired) electrons. The number of nitriles is 2. The summed E-state index contributed by atoms with van der Waals surface area (Å²) in [5.74, 6) is 0. The Bertz CT molecular complexity index is 6830. The van der Waals surface area contributed by atoms with Gasteiger partial charge < -0.3 is 26.5 Å². The molecule has 8 heterocycles. The number of rotatable bonds is 4. The Balaban J connectivity index is 0.815. The number of benzene rings is 13. The number of furan rings is 4. The molecule has 0 fully saturated rings. The molecule has 0 unspecified atom stereocenters. The molecule has 8 aromatic heterocycles. The van der Waals surface area contributed by atoms with Gasteiger partial charge in [0.2, 0.25) is 0 Å². The summed E-state index contributed by atoms with van der Waals surface area (Å²) in [6.07, 6.45) is 0. The van der Waals surface area contributed by atoms with E-state index in [4.69, 9.17) is 17.7 Å². The van der Waals surface area contributed by atoms with Crippen molar-refractivity contribution in [2.75, 3.05) is 0 Å². The molecule has 21 aromatic rings. The molecule has 0 bridgehead atoms. The third-order valence-corrected chi connectivity index (χ3v) is 19.2. The van der Waals surface area contributed by atoms with Crippen LogP contribution in [0.1, 0.15) is 11.1 Å². The lowest BCUT2D eigenvalue weighted by Gasteiger charge is -2.12. The van der Waals surface area contributed by atoms with Crippen LogP contribution >= 0.6 is 0 Å². The first-order valence-corrected chi connectivity index (χ1v) is 29.5. The van der Waals surface area contributed by atoms with Crippen molar-refractivity contribution in [3.8, 4) is 56.6 Å². The van der Waals surface area contributed by atoms with E-state index in [1.165, 1.54) is 0 Å². The van der Waals surface area contributed by atoms with Gasteiger partial charge in [-0.2, -0.15) is 10.5 Å². The number of hydrogen-bond acceptors (Lipinski definition) is 6. The first-order chi connectivity index (χ1) is 43.5. The maximum Gasteiger partial charge on any atom is 0.160 e. The van der Waals surface area contributed by atoms with Crippen molar-refractivity contribution in [1.29, 1.82) is 10.5 Å². The zero-order chi connectivity index (χ0) is 57.4. The molecule has 88 heavy (non-hydrogen) atoms. The molecule has 13 aromatic carbocycles. The fourth-order valence-electron chi connectivity index (χ4n) is 15.5. The van der Waals surface area contributed by atoms with Gasteiger partial charge in [-0.25, -0.2) is 0 Å². The highest BCUT2D eigenvalue weighted by atomic mass is 16.3. The monoisotopic (exact) mass is 1120 g/mol. The maximum atomic E-state index is 10.3. The van der Waals surface area contributed by atoms with Crippen LogP contribution < -0.4 is 0 Å². The van der Waals surface area contributed by atoms with E-state index >= 15 is 0 Å². The molecule has 0 atom stereocenters. The van der Waals surface area contributed by atoms with Gasteiger partial charge in [0.1, 0.15) is 22.3 Å². The van der Waals surface area contributed by atoms with Gasteiger partial charge in [0.25, 0.3) is 0 Å². The Hall–Kier alpha value is -12.4. The van der Waals surface area contributed by atoms with Crippen molar-refractivity contribution < 1.29 is 17.7 Å². The molecular formula is C80H38N4O4. The largest absolute Gasteiger partial charge is 0.454 e. The van der Waals surface area contributed by atoms with Gasteiger partial charge in [-0.15, -0.1) is 0 Å². The average Bonchev–Trinajstić information content (AvgIpc) is 1.53. The summed E-state index contributed by atoms with van der Waals surface area (Å²) >= 11 is 0. The Labute approximate surface area is 496 Å². The third-order valence-electron chi connectivity index (χ3n) is 19.2. The molecule has 8 heteroatoms. The molecule has 402 valence electrons. The average molecular weight is 1120 g/mol. The van der Waals surface area contributed by atoms with Gasteiger partial charge in [0.15, 0.2) is 22.3 Å². The minimum absolute atomic E-state index is 0.601. The molecule has 0 aliphatic heterocycles. The smallest absolute Gasteiger partial charge is 0.160 e. The summed E-state index contributed by atoms with van der Waals surface area (Å²) < 4.78 is 33.0. The number of para-hydroxylation sites is 2. The molecule has 21 rings (SSSR count). The first-order valence-electron chi connectivity index (χ1n) is 29.5. The van der Waals surface area contributed by atoms with Crippen LogP contribution in [0.25, 0.3) is 208 Å². The van der Waals surface area contributed by atoms with Crippen LogP contribution in [0.4, 0.5) is 0 Å². The molecule has 0 saturated carbocycles. The predicted octanol–water partition coefficient (Wildman–Crippen LogP) is 22.0. The highest BCUT2D eigenvalue weighted by molar-refractivity contribution is 6.34. The van der Waals surface area contributed by atoms with Crippen molar-refractivity contribution in [1.82, 2.24) is 8.80 Å². The number of fused-ring (bicyclic) bond motifs is 28. The molecule has 0 spiro atoms. The zero-order valence-electron chi connectivity index (χ0n) is 46.4. The molecule has 0 aliphatic carbocycles. The second-order valence-electron chi connectivity index (χ2n) is 23.6. The van der Waals surface area contributed by atoms with Crippen LogP contribution in [-0.4, -0.2) is 8.80 Å². The molecular weight excluding hydrogens is 1080 g/mol. The van der Waals surface area contributed by atoms with E-state index in [1.54, 1.807) is 0 Å². The third kappa shape index (κ3) is 5.72. The summed E-state index contributed by atoms with van der Waals surface area (Å²) in [6.45, 7) is 0. The minimum Gasteiger partial charge on any atom is -0.454 e. The van der Waals surface area contributed by atoms with E-state index < -0.39 is 0 Å². The van der Waals surface area contributed by atoms with Gasteiger partial charge in [0, 0.05) is 86.2 Å². The van der Waals surface area contributed by atoms with Crippen LogP contribution in [0.5, 0.6) is 0 Å². The van der Waals surface area contributed by atoms with Gasteiger partial charge in [-0.1, -0.05) is 133 Å². The Kier molecular flexibility index (Phi) is 8.53. The minimum atomic E-state index is 0.601. The lowest BCUT2D eigenvalue weighted by atomic mass is 9.91. The molecule has 8 nitrogen and oxygen atoms in total. The van der Waals surface area contributed by atoms with E-state index in [-0.39, 0.29) is 0 Å². The van der Waals surface area contributed by atoms with E-state index in [1.807, 2.05) is 66.7 Å². The maximum absolute atomic E-state index is 10.3. The van der Waals surface area contributed by atoms with Crippen LogP contribution in [0.2, 0.25) is 0 Å². The Morgan fingerprint density at radius 3 is 1.30 bits per heavy atom. The van der Waals surface area contributed by atoms with Gasteiger partial charge in [0.05, 0.1) is 56.4 Å². The van der Waals surface area contributed by atoms with E-state index in [9.17, 15) is 10.5 Å². The van der Waals surface area contributed by atoms with Gasteiger partial charge in [-0.05, 0) is 142 Å². The molecule has 0 saturated heterocycles. The van der Waals surface area contributed by atoms with Crippen LogP contribution in [0, 0.1) is 22.7 Å². The molecule has 0 amide bonds. The predicted molar refractivity (Wildman–Crippen MR) is 356 cm³/mol. The lowest BCUT2D eigenvalue weighted by molar-refractivity contribution is 0.669. The second-order valence-corrected chi connectivity index (χ2v) is 23.6. The van der Waals surface area contributed by atoms with Crippen molar-refractivity contribution in [2.24, 2.45) is 0 Å². The molecule has 0 aliphatic rings. The van der Waals surface area contributed by atoms with Crippen molar-refractivity contribution in [3.63, 3.8) is 0 Å². The fourth-order valence-corrected chi connectivity index (χ4v) is 15.5. The van der Waals surface area contributed by atoms with Gasteiger partial charge >= 0.3 is 0 Å². The first kappa shape index (κ1) is 46.1. The number of aromatic nitrogens is 2. The number of hydrogen-bond donors (Lipinski definition) is 0. The summed E-state index contributed by atoms with van der Waals surface area (Å²) in [5.41, 5.74) is 21.8. The van der Waals surface area contributed by atoms with Crippen molar-refractivity contribution in [3.05, 3.63) is 242 Å². The van der Waals surface area contributed by atoms with Crippen LogP contribution in [-0.2, 0) is 0 Å². The Morgan fingerprint density at radius 2 is 0.705 bits per heavy atom. The van der Waals surface area contributed by atoms with Crippen LogP contribution in [0.15, 0.2) is 248 Å². The van der Waals surface area contributed by atoms with Crippen molar-refractivity contribution >= 4 is 164 Å². The Morgan fingerprint density at radius 1 is 0.250 bits per heavy atom. The highest BCUT2D eigenvalue weighted by Gasteiger charge is 2.29. The summed E-state index contributed by atoms with van der Waals surface area (Å²) in [5, 5.41) is 37.4. The van der Waals surface area contributed by atoms with E-state index in [0.717, 1.165) is 208 Å². The second kappa shape index (κ2) is 16.3. The van der Waals surface area contributed by atoms with Crippen LogP contribution in [0.3, 0.4) is 0 Å². The lowest BCUT2D eigenvalue weighted by Crippen LogP contribution is -1.88. The summed E-state index contributed by atoms with van der Waals surface area (Å²) in [4.78, 5) is 0. The summed E-state index contributed by atoms with van der Waals surface area (Å²) in [6, 6.07) is 85.4. The van der Waals surface area contributed by atoms with E-state index in [2.05, 4.69) is 185 Å². The van der Waals surface area contributed by atoms with Crippen molar-refractivity contribution in [2.45, 2.75) is 0 Å². The topological polar surface area (TPSA) is 109 Å². The SMILES string of the molecule is N#Cc1ccc(-c2ccccc2)c(-c2cc3c4ccc5c6ccccc6oc5c4n4c3c(c2)c2ccc3c5cc(-c6cccc7oc8c(ccc9c%10cc(-c%11ccccc%11C#N)cc%11c%12ccc%13c%14ccccc%14oc%13c%12n(c%11%10)c98)c67)ccc5oc3c24)c1. The quantitative estimate of drug-likeness (QED) is 0.174. The van der Waals surface area contributed by atoms with E-state index in [0.29, 0.717) is 11.1 Å². The van der Waals surface area contributed by atoms with Gasteiger partial charge in [-0.3, -0.25) is 0 Å². The summed E-state index contributed by atoms with van der Waals surface area (Å²) in [7, 11) is 0. The highest BCUT2D eigenvalue weighted by Crippen LogP contribution is 2.52. The number of nitrogens with zero attached hydrogens (tertiary/aromatic N) is 4. The zero-order valence-corrected chi connectivity index (χ0v) is 46.4. The fraction of sp³-hybridized carbons (Fsp3) is 0. The standard InChI is InChI=1S/C80H38N4O4/c81-39-41-21-23-48(42-11-2-1-3-12-42)60(33-41)46-37-64-53-25-29-56-50-15-6-8-18-66(50)85-77(56)73(53)83-72(64)65(38-46)54-26-30-58-61-34-43(22-32-68(61)87-79(58)75(54)83)49-17-10-20-69-70(49)59-31-27-55-63-36-45(47-14-5-4-13-44(47)40-82)35-62-52-24-28-57-51-16-7-9-19-67(51)86-78(57)74(52)84(71(62)63)76(55)80(59)88-69/h1-38H.